The first-order chi connectivity index (χ1) is 14.7. The number of hydrogen-bond donors (Lipinski definition) is 1. The van der Waals surface area contributed by atoms with Crippen molar-refractivity contribution < 1.29 is 4.79 Å². The number of para-hydroxylation sites is 3. The normalized spacial score (nSPS) is 14.7. The highest BCUT2D eigenvalue weighted by molar-refractivity contribution is 5.90. The van der Waals surface area contributed by atoms with E-state index in [0.717, 1.165) is 28.4 Å². The molecule has 6 heteroatoms. The molecule has 1 fully saturated rings. The molecule has 0 spiro atoms. The lowest BCUT2D eigenvalue weighted by Crippen LogP contribution is -2.19. The topological polar surface area (TPSA) is 64.7 Å². The molecule has 0 saturated heterocycles. The van der Waals surface area contributed by atoms with Crippen LogP contribution in [0.4, 0.5) is 5.82 Å². The third-order valence-corrected chi connectivity index (χ3v) is 5.85. The Morgan fingerprint density at radius 2 is 1.87 bits per heavy atom. The number of aromatic nitrogens is 4. The summed E-state index contributed by atoms with van der Waals surface area (Å²) in [5.74, 6) is 2.31. The van der Waals surface area contributed by atoms with Crippen LogP contribution in [0, 0.1) is 5.92 Å². The molecular formula is C24H25N5O. The van der Waals surface area contributed by atoms with Gasteiger partial charge in [-0.15, -0.1) is 0 Å². The van der Waals surface area contributed by atoms with Gasteiger partial charge in [0.25, 0.3) is 0 Å². The van der Waals surface area contributed by atoms with Gasteiger partial charge in [-0.25, -0.2) is 9.67 Å². The van der Waals surface area contributed by atoms with Crippen LogP contribution in [-0.2, 0) is 11.2 Å². The number of benzene rings is 2. The maximum absolute atomic E-state index is 12.7. The van der Waals surface area contributed by atoms with Crippen LogP contribution in [0.3, 0.4) is 0 Å². The molecule has 1 unspecified atom stereocenters. The summed E-state index contributed by atoms with van der Waals surface area (Å²) in [7, 11) is 0. The number of rotatable bonds is 7. The van der Waals surface area contributed by atoms with E-state index in [1.807, 2.05) is 47.1 Å². The second kappa shape index (κ2) is 7.78. The molecule has 0 aliphatic heterocycles. The lowest BCUT2D eigenvalue weighted by atomic mass is 10.2. The first-order valence-corrected chi connectivity index (χ1v) is 10.6. The molecule has 1 aliphatic carbocycles. The summed E-state index contributed by atoms with van der Waals surface area (Å²) in [6, 6.07) is 20.4. The van der Waals surface area contributed by atoms with Crippen LogP contribution in [0.15, 0.2) is 66.9 Å². The van der Waals surface area contributed by atoms with E-state index in [9.17, 15) is 4.79 Å². The number of hydrogen-bond acceptors (Lipinski definition) is 3. The van der Waals surface area contributed by atoms with Crippen molar-refractivity contribution in [1.29, 1.82) is 0 Å². The standard InChI is InChI=1S/C24H25N5O/c1-17(18-11-12-18)29-23(15-16-25-29)27-24(30)14-13-22-26-20-9-5-6-10-21(20)28(22)19-7-3-2-4-8-19/h2-10,15-18H,11-14H2,1H3,(H,27,30). The van der Waals surface area contributed by atoms with E-state index in [2.05, 4.69) is 40.1 Å². The summed E-state index contributed by atoms with van der Waals surface area (Å²) in [6.07, 6.45) is 5.15. The van der Waals surface area contributed by atoms with Gasteiger partial charge in [-0.2, -0.15) is 5.10 Å². The summed E-state index contributed by atoms with van der Waals surface area (Å²) in [6.45, 7) is 2.17. The molecule has 0 bridgehead atoms. The number of aryl methyl sites for hydroxylation is 1. The number of nitrogens with one attached hydrogen (secondary N) is 1. The molecule has 1 atom stereocenters. The largest absolute Gasteiger partial charge is 0.311 e. The molecule has 5 rings (SSSR count). The van der Waals surface area contributed by atoms with Gasteiger partial charge in [0.15, 0.2) is 0 Å². The lowest BCUT2D eigenvalue weighted by Gasteiger charge is -2.15. The van der Waals surface area contributed by atoms with E-state index in [4.69, 9.17) is 4.98 Å². The Balaban J connectivity index is 1.34. The molecule has 6 nitrogen and oxygen atoms in total. The maximum Gasteiger partial charge on any atom is 0.225 e. The van der Waals surface area contributed by atoms with Gasteiger partial charge < -0.3 is 5.32 Å². The van der Waals surface area contributed by atoms with E-state index < -0.39 is 0 Å². The molecule has 2 aromatic carbocycles. The minimum absolute atomic E-state index is 0.0218. The van der Waals surface area contributed by atoms with Crippen molar-refractivity contribution in [3.05, 3.63) is 72.7 Å². The van der Waals surface area contributed by atoms with Crippen molar-refractivity contribution in [1.82, 2.24) is 19.3 Å². The summed E-state index contributed by atoms with van der Waals surface area (Å²) >= 11 is 0. The molecule has 4 aromatic rings. The van der Waals surface area contributed by atoms with Crippen LogP contribution < -0.4 is 5.32 Å². The Labute approximate surface area is 175 Å². The Morgan fingerprint density at radius 1 is 1.10 bits per heavy atom. The molecule has 2 aromatic heterocycles. The van der Waals surface area contributed by atoms with Gasteiger partial charge in [-0.3, -0.25) is 9.36 Å². The van der Waals surface area contributed by atoms with Crippen molar-refractivity contribution in [3.8, 4) is 5.69 Å². The van der Waals surface area contributed by atoms with Crippen molar-refractivity contribution in [2.24, 2.45) is 5.92 Å². The SMILES string of the molecule is CC(C1CC1)n1nccc1NC(=O)CCc1nc2ccccc2n1-c1ccccc1. The minimum atomic E-state index is -0.0218. The highest BCUT2D eigenvalue weighted by Gasteiger charge is 2.30. The van der Waals surface area contributed by atoms with Crippen LogP contribution in [0.25, 0.3) is 16.7 Å². The molecule has 152 valence electrons. The van der Waals surface area contributed by atoms with Gasteiger partial charge in [0.1, 0.15) is 11.6 Å². The number of carbonyl (C=O) groups is 1. The van der Waals surface area contributed by atoms with Gasteiger partial charge in [0, 0.05) is 24.6 Å². The molecule has 0 radical (unpaired) electrons. The molecule has 30 heavy (non-hydrogen) atoms. The van der Waals surface area contributed by atoms with E-state index in [1.54, 1.807) is 6.20 Å². The maximum atomic E-state index is 12.7. The van der Waals surface area contributed by atoms with Crippen molar-refractivity contribution >= 4 is 22.8 Å². The zero-order valence-electron chi connectivity index (χ0n) is 17.0. The first-order valence-electron chi connectivity index (χ1n) is 10.6. The van der Waals surface area contributed by atoms with Crippen molar-refractivity contribution in [2.45, 2.75) is 38.6 Å². The molecule has 1 aliphatic rings. The van der Waals surface area contributed by atoms with Gasteiger partial charge in [-0.05, 0) is 49.9 Å². The zero-order chi connectivity index (χ0) is 20.5. The van der Waals surface area contributed by atoms with Crippen LogP contribution in [0.2, 0.25) is 0 Å². The fraction of sp³-hybridized carbons (Fsp3) is 0.292. The quantitative estimate of drug-likeness (QED) is 0.487. The van der Waals surface area contributed by atoms with Crippen LogP contribution in [0.5, 0.6) is 0 Å². The zero-order valence-corrected chi connectivity index (χ0v) is 17.0. The number of anilines is 1. The molecule has 1 amide bonds. The smallest absolute Gasteiger partial charge is 0.225 e. The summed E-state index contributed by atoms with van der Waals surface area (Å²) in [4.78, 5) is 17.5. The first kappa shape index (κ1) is 18.6. The van der Waals surface area contributed by atoms with E-state index in [0.29, 0.717) is 24.8 Å². The number of fused-ring (bicyclic) bond motifs is 1. The number of carbonyl (C=O) groups excluding carboxylic acids is 1. The third kappa shape index (κ3) is 3.61. The van der Waals surface area contributed by atoms with E-state index >= 15 is 0 Å². The average Bonchev–Trinajstić information content (AvgIpc) is 3.41. The van der Waals surface area contributed by atoms with E-state index in [1.165, 1.54) is 12.8 Å². The highest BCUT2D eigenvalue weighted by atomic mass is 16.1. The second-order valence-electron chi connectivity index (χ2n) is 7.97. The van der Waals surface area contributed by atoms with Gasteiger partial charge in [0.2, 0.25) is 5.91 Å². The molecule has 2 heterocycles. The summed E-state index contributed by atoms with van der Waals surface area (Å²) < 4.78 is 4.08. The van der Waals surface area contributed by atoms with Crippen LogP contribution in [-0.4, -0.2) is 25.2 Å². The number of amides is 1. The van der Waals surface area contributed by atoms with E-state index in [-0.39, 0.29) is 5.91 Å². The lowest BCUT2D eigenvalue weighted by molar-refractivity contribution is -0.116. The molecule has 1 saturated carbocycles. The Morgan fingerprint density at radius 3 is 2.67 bits per heavy atom. The van der Waals surface area contributed by atoms with Gasteiger partial charge in [0.05, 0.1) is 23.3 Å². The van der Waals surface area contributed by atoms with Crippen molar-refractivity contribution in [2.75, 3.05) is 5.32 Å². The summed E-state index contributed by atoms with van der Waals surface area (Å²) in [5, 5.41) is 7.46. The monoisotopic (exact) mass is 399 g/mol. The average molecular weight is 399 g/mol. The fourth-order valence-corrected chi connectivity index (χ4v) is 4.06. The van der Waals surface area contributed by atoms with Gasteiger partial charge >= 0.3 is 0 Å². The predicted molar refractivity (Wildman–Crippen MR) is 118 cm³/mol. The third-order valence-electron chi connectivity index (χ3n) is 5.85. The molecular weight excluding hydrogens is 374 g/mol. The summed E-state index contributed by atoms with van der Waals surface area (Å²) in [5.41, 5.74) is 3.04. The van der Waals surface area contributed by atoms with Crippen molar-refractivity contribution in [3.63, 3.8) is 0 Å². The highest BCUT2D eigenvalue weighted by Crippen LogP contribution is 2.40. The Kier molecular flexibility index (Phi) is 4.83. The Bertz CT molecular complexity index is 1170. The van der Waals surface area contributed by atoms with Crippen LogP contribution >= 0.6 is 0 Å². The predicted octanol–water partition coefficient (Wildman–Crippen LogP) is 4.76. The minimum Gasteiger partial charge on any atom is -0.311 e. The Hall–Kier alpha value is -3.41. The fourth-order valence-electron chi connectivity index (χ4n) is 4.06. The van der Waals surface area contributed by atoms with Crippen LogP contribution in [0.1, 0.15) is 38.1 Å². The van der Waals surface area contributed by atoms with Gasteiger partial charge in [-0.1, -0.05) is 30.3 Å². The second-order valence-corrected chi connectivity index (χ2v) is 7.97. The molecule has 1 N–H and O–H groups in total. The number of nitrogens with zero attached hydrogens (tertiary/aromatic N) is 4. The number of imidazole rings is 1.